The number of hydrogen-bond acceptors (Lipinski definition) is 5. The smallest absolute Gasteiger partial charge is 0.302 e. The minimum Gasteiger partial charge on any atom is -0.462 e. The molecule has 0 bridgehead atoms. The lowest BCUT2D eigenvalue weighted by atomic mass is 9.93. The molecule has 1 heterocycles. The molecule has 1 rings (SSSR count). The molecule has 0 unspecified atom stereocenters. The molecule has 0 aromatic rings. The number of carbonyl (C=O) groups is 1. The lowest BCUT2D eigenvalue weighted by molar-refractivity contribution is -0.236. The summed E-state index contributed by atoms with van der Waals surface area (Å²) in [5.74, 6) is 4.91. The van der Waals surface area contributed by atoms with E-state index in [9.17, 15) is 4.79 Å². The highest BCUT2D eigenvalue weighted by Crippen LogP contribution is 2.27. The van der Waals surface area contributed by atoms with E-state index >= 15 is 0 Å². The number of hydrogen-bond donors (Lipinski definition) is 1. The quantitative estimate of drug-likeness (QED) is 0.525. The third-order valence-electron chi connectivity index (χ3n) is 2.59. The molecule has 1 saturated heterocycles. The van der Waals surface area contributed by atoms with Crippen molar-refractivity contribution >= 4 is 5.97 Å². The van der Waals surface area contributed by atoms with Gasteiger partial charge in [-0.25, -0.2) is 5.90 Å². The Labute approximate surface area is 83.4 Å². The summed E-state index contributed by atoms with van der Waals surface area (Å²) in [7, 11) is 0. The maximum atomic E-state index is 10.8. The number of esters is 1. The third kappa shape index (κ3) is 2.67. The van der Waals surface area contributed by atoms with Crippen molar-refractivity contribution in [1.82, 2.24) is 0 Å². The van der Waals surface area contributed by atoms with E-state index in [1.54, 1.807) is 0 Å². The van der Waals surface area contributed by atoms with Crippen molar-refractivity contribution in [3.8, 4) is 0 Å². The fraction of sp³-hybridized carbons (Fsp3) is 0.889. The molecule has 4 atom stereocenters. The Morgan fingerprint density at radius 2 is 2.14 bits per heavy atom. The van der Waals surface area contributed by atoms with Gasteiger partial charge in [-0.15, -0.1) is 0 Å². The summed E-state index contributed by atoms with van der Waals surface area (Å²) < 4.78 is 10.6. The van der Waals surface area contributed by atoms with Gasteiger partial charge in [0.15, 0.2) is 6.29 Å². The highest BCUT2D eigenvalue weighted by atomic mass is 16.8. The molecule has 82 valence electrons. The summed E-state index contributed by atoms with van der Waals surface area (Å²) in [5, 5.41) is 0. The van der Waals surface area contributed by atoms with Gasteiger partial charge in [0.05, 0.1) is 6.10 Å². The van der Waals surface area contributed by atoms with Crippen LogP contribution in [-0.2, 0) is 19.1 Å². The van der Waals surface area contributed by atoms with Gasteiger partial charge in [-0.1, -0.05) is 6.92 Å². The van der Waals surface area contributed by atoms with Gasteiger partial charge >= 0.3 is 5.97 Å². The van der Waals surface area contributed by atoms with E-state index in [1.165, 1.54) is 6.92 Å². The highest BCUT2D eigenvalue weighted by molar-refractivity contribution is 5.66. The summed E-state index contributed by atoms with van der Waals surface area (Å²) in [6.07, 6.45) is -0.196. The molecule has 0 aromatic carbocycles. The van der Waals surface area contributed by atoms with E-state index in [2.05, 4.69) is 4.84 Å². The molecular weight excluding hydrogens is 186 g/mol. The van der Waals surface area contributed by atoms with Gasteiger partial charge in [0.1, 0.15) is 6.10 Å². The van der Waals surface area contributed by atoms with Crippen LogP contribution in [0.2, 0.25) is 0 Å². The van der Waals surface area contributed by atoms with Gasteiger partial charge < -0.3 is 9.47 Å². The molecule has 5 nitrogen and oxygen atoms in total. The zero-order valence-electron chi connectivity index (χ0n) is 8.73. The van der Waals surface area contributed by atoms with Gasteiger partial charge in [0.25, 0.3) is 0 Å². The van der Waals surface area contributed by atoms with Crippen LogP contribution >= 0.6 is 0 Å². The second-order valence-corrected chi connectivity index (χ2v) is 3.65. The molecule has 0 spiro atoms. The Balaban J connectivity index is 2.57. The minimum atomic E-state index is -0.481. The Hall–Kier alpha value is -0.650. The van der Waals surface area contributed by atoms with E-state index in [0.717, 1.165) is 0 Å². The van der Waals surface area contributed by atoms with Gasteiger partial charge in [-0.3, -0.25) is 9.63 Å². The molecule has 1 aliphatic heterocycles. The molecular formula is C9H17NO4. The average Bonchev–Trinajstić information content (AvgIpc) is 2.11. The monoisotopic (exact) mass is 203 g/mol. The fourth-order valence-electron chi connectivity index (χ4n) is 1.58. The molecule has 0 aliphatic carbocycles. The van der Waals surface area contributed by atoms with Crippen molar-refractivity contribution < 1.29 is 19.1 Å². The van der Waals surface area contributed by atoms with Crippen molar-refractivity contribution in [3.05, 3.63) is 0 Å². The van der Waals surface area contributed by atoms with Crippen molar-refractivity contribution in [2.45, 2.75) is 45.7 Å². The van der Waals surface area contributed by atoms with Crippen molar-refractivity contribution in [1.29, 1.82) is 0 Å². The summed E-state index contributed by atoms with van der Waals surface area (Å²) in [6, 6.07) is 0. The maximum absolute atomic E-state index is 10.8. The first-order valence-electron chi connectivity index (χ1n) is 4.72. The molecule has 0 saturated carbocycles. The Bertz CT molecular complexity index is 209. The summed E-state index contributed by atoms with van der Waals surface area (Å²) in [6.45, 7) is 5.28. The topological polar surface area (TPSA) is 70.8 Å². The standard InChI is InChI=1S/C9H17NO4/c1-5-6(2)12-9(14-10)4-8(5)13-7(3)11/h5-6,8-9H,4,10H2,1-3H3/t5-,6+,8+,9+/m1/s1. The Morgan fingerprint density at radius 3 is 2.64 bits per heavy atom. The van der Waals surface area contributed by atoms with Crippen LogP contribution in [-0.4, -0.2) is 24.5 Å². The van der Waals surface area contributed by atoms with Crippen LogP contribution in [0.3, 0.4) is 0 Å². The number of ether oxygens (including phenoxy) is 2. The second-order valence-electron chi connectivity index (χ2n) is 3.65. The normalized spacial score (nSPS) is 38.0. The number of carbonyl (C=O) groups excluding carboxylic acids is 1. The van der Waals surface area contributed by atoms with Crippen LogP contribution < -0.4 is 5.90 Å². The average molecular weight is 203 g/mol. The predicted octanol–water partition coefficient (Wildman–Crippen LogP) is 0.579. The first kappa shape index (κ1) is 11.4. The van der Waals surface area contributed by atoms with Crippen molar-refractivity contribution in [2.75, 3.05) is 0 Å². The molecule has 0 aromatic heterocycles. The van der Waals surface area contributed by atoms with E-state index in [1.807, 2.05) is 13.8 Å². The van der Waals surface area contributed by atoms with E-state index in [-0.39, 0.29) is 24.1 Å². The number of nitrogens with two attached hydrogens (primary N) is 1. The molecule has 1 aliphatic rings. The highest BCUT2D eigenvalue weighted by Gasteiger charge is 2.35. The summed E-state index contributed by atoms with van der Waals surface area (Å²) in [5.41, 5.74) is 0. The van der Waals surface area contributed by atoms with Crippen LogP contribution in [0.15, 0.2) is 0 Å². The Kier molecular flexibility index (Phi) is 3.86. The zero-order chi connectivity index (χ0) is 10.7. The molecule has 1 fully saturated rings. The lowest BCUT2D eigenvalue weighted by Gasteiger charge is -2.37. The molecule has 2 N–H and O–H groups in total. The van der Waals surface area contributed by atoms with Crippen LogP contribution in [0.4, 0.5) is 0 Å². The minimum absolute atomic E-state index is 0.0263. The van der Waals surface area contributed by atoms with Gasteiger partial charge in [0, 0.05) is 19.3 Å². The Morgan fingerprint density at radius 1 is 1.50 bits per heavy atom. The van der Waals surface area contributed by atoms with Crippen LogP contribution in [0.25, 0.3) is 0 Å². The summed E-state index contributed by atoms with van der Waals surface area (Å²) >= 11 is 0. The van der Waals surface area contributed by atoms with Crippen molar-refractivity contribution in [3.63, 3.8) is 0 Å². The van der Waals surface area contributed by atoms with Crippen molar-refractivity contribution in [2.24, 2.45) is 11.8 Å². The van der Waals surface area contributed by atoms with Crippen LogP contribution in [0.1, 0.15) is 27.2 Å². The SMILES string of the molecule is CC(=O)O[C@H]1C[C@H](ON)O[C@@H](C)[C@H]1C. The predicted molar refractivity (Wildman–Crippen MR) is 48.9 cm³/mol. The van der Waals surface area contributed by atoms with Crippen LogP contribution in [0, 0.1) is 5.92 Å². The van der Waals surface area contributed by atoms with Gasteiger partial charge in [-0.05, 0) is 6.92 Å². The van der Waals surface area contributed by atoms with Gasteiger partial charge in [0.2, 0.25) is 0 Å². The molecule has 0 radical (unpaired) electrons. The second kappa shape index (κ2) is 4.72. The fourth-order valence-corrected chi connectivity index (χ4v) is 1.58. The largest absolute Gasteiger partial charge is 0.462 e. The first-order valence-corrected chi connectivity index (χ1v) is 4.72. The first-order chi connectivity index (χ1) is 6.54. The third-order valence-corrected chi connectivity index (χ3v) is 2.59. The summed E-state index contributed by atoms with van der Waals surface area (Å²) in [4.78, 5) is 15.4. The number of rotatable bonds is 2. The van der Waals surface area contributed by atoms with Gasteiger partial charge in [-0.2, -0.15) is 0 Å². The molecule has 14 heavy (non-hydrogen) atoms. The zero-order valence-corrected chi connectivity index (χ0v) is 8.73. The van der Waals surface area contributed by atoms with E-state index in [4.69, 9.17) is 15.4 Å². The van der Waals surface area contributed by atoms with Crippen LogP contribution in [0.5, 0.6) is 0 Å². The molecule has 0 amide bonds. The molecule has 5 heteroatoms. The maximum Gasteiger partial charge on any atom is 0.302 e. The lowest BCUT2D eigenvalue weighted by Crippen LogP contribution is -2.45. The van der Waals surface area contributed by atoms with E-state index in [0.29, 0.717) is 6.42 Å². The van der Waals surface area contributed by atoms with E-state index < -0.39 is 6.29 Å².